The minimum atomic E-state index is -0.651. The number of carbonyl (C=O) groups is 1. The third-order valence-corrected chi connectivity index (χ3v) is 2.82. The molecule has 2 aliphatic rings. The van der Waals surface area contributed by atoms with Gasteiger partial charge in [0.05, 0.1) is 0 Å². The number of hydrogen-bond acceptors (Lipinski definition) is 5. The van der Waals surface area contributed by atoms with Gasteiger partial charge in [-0.1, -0.05) is 0 Å². The summed E-state index contributed by atoms with van der Waals surface area (Å²) in [4.78, 5) is 10.9. The van der Waals surface area contributed by atoms with Crippen LogP contribution in [0.5, 0.6) is 0 Å². The van der Waals surface area contributed by atoms with Crippen molar-refractivity contribution in [3.05, 3.63) is 12.2 Å². The first-order valence-electron chi connectivity index (χ1n) is 5.65. The number of fused-ring (bicyclic) bond motifs is 1. The quantitative estimate of drug-likeness (QED) is 0.692. The molecule has 0 amide bonds. The van der Waals surface area contributed by atoms with Crippen molar-refractivity contribution < 1.29 is 23.7 Å². The van der Waals surface area contributed by atoms with Crippen molar-refractivity contribution in [3.63, 3.8) is 0 Å². The van der Waals surface area contributed by atoms with E-state index in [0.29, 0.717) is 0 Å². The second-order valence-electron chi connectivity index (χ2n) is 4.74. The molecular weight excluding hydrogens is 224 g/mol. The highest BCUT2D eigenvalue weighted by atomic mass is 16.8. The molecule has 2 aliphatic heterocycles. The molecule has 4 unspecified atom stereocenters. The molecule has 4 atom stereocenters. The van der Waals surface area contributed by atoms with E-state index >= 15 is 0 Å². The molecule has 96 valence electrons. The first-order valence-corrected chi connectivity index (χ1v) is 5.65. The number of hydrogen-bond donors (Lipinski definition) is 0. The summed E-state index contributed by atoms with van der Waals surface area (Å²) in [7, 11) is 1.60. The minimum Gasteiger partial charge on any atom is -0.375 e. The van der Waals surface area contributed by atoms with E-state index in [4.69, 9.17) is 18.9 Å². The second kappa shape index (κ2) is 4.49. The predicted octanol–water partition coefficient (Wildman–Crippen LogP) is 1.02. The first kappa shape index (κ1) is 12.7. The van der Waals surface area contributed by atoms with Gasteiger partial charge in [0.25, 0.3) is 0 Å². The van der Waals surface area contributed by atoms with E-state index in [1.54, 1.807) is 13.2 Å². The Bertz CT molecular complexity index is 336. The summed E-state index contributed by atoms with van der Waals surface area (Å²) in [5.74, 6) is -0.677. The van der Waals surface area contributed by atoms with Crippen molar-refractivity contribution in [1.29, 1.82) is 0 Å². The summed E-state index contributed by atoms with van der Waals surface area (Å²) < 4.78 is 22.4. The fraction of sp³-hybridized carbons (Fsp3) is 0.750. The highest BCUT2D eigenvalue weighted by Gasteiger charge is 2.54. The van der Waals surface area contributed by atoms with Crippen LogP contribution < -0.4 is 0 Å². The summed E-state index contributed by atoms with van der Waals surface area (Å²) in [6, 6.07) is 0. The topological polar surface area (TPSA) is 54.0 Å². The largest absolute Gasteiger partial charge is 0.375 e. The highest BCUT2D eigenvalue weighted by Crippen LogP contribution is 2.38. The van der Waals surface area contributed by atoms with E-state index in [9.17, 15) is 4.79 Å². The fourth-order valence-corrected chi connectivity index (χ4v) is 2.16. The number of ether oxygens (including phenoxy) is 4. The zero-order valence-corrected chi connectivity index (χ0v) is 10.5. The lowest BCUT2D eigenvalue weighted by atomic mass is 10.1. The van der Waals surface area contributed by atoms with Crippen molar-refractivity contribution in [2.24, 2.45) is 0 Å². The molecule has 0 aliphatic carbocycles. The van der Waals surface area contributed by atoms with Gasteiger partial charge in [-0.25, -0.2) is 0 Å². The van der Waals surface area contributed by atoms with Crippen LogP contribution in [-0.4, -0.2) is 43.3 Å². The maximum atomic E-state index is 10.9. The lowest BCUT2D eigenvalue weighted by Crippen LogP contribution is -2.35. The van der Waals surface area contributed by atoms with E-state index < -0.39 is 12.1 Å². The summed E-state index contributed by atoms with van der Waals surface area (Å²) in [6.45, 7) is 5.16. The van der Waals surface area contributed by atoms with Gasteiger partial charge in [0.2, 0.25) is 0 Å². The lowest BCUT2D eigenvalue weighted by Gasteiger charge is -2.23. The van der Waals surface area contributed by atoms with E-state index in [2.05, 4.69) is 0 Å². The third kappa shape index (κ3) is 2.57. The molecule has 0 saturated carbocycles. The molecule has 5 nitrogen and oxygen atoms in total. The Morgan fingerprint density at radius 3 is 2.65 bits per heavy atom. The van der Waals surface area contributed by atoms with Crippen LogP contribution in [0.25, 0.3) is 0 Å². The molecule has 0 aromatic rings. The van der Waals surface area contributed by atoms with Gasteiger partial charge in [-0.3, -0.25) is 4.79 Å². The summed E-state index contributed by atoms with van der Waals surface area (Å²) >= 11 is 0. The van der Waals surface area contributed by atoms with Gasteiger partial charge in [-0.05, 0) is 32.9 Å². The van der Waals surface area contributed by atoms with Crippen molar-refractivity contribution in [1.82, 2.24) is 0 Å². The summed E-state index contributed by atoms with van der Waals surface area (Å²) in [5, 5.41) is 0. The number of allylic oxidation sites excluding steroid dienone is 1. The Labute approximate surface area is 101 Å². The van der Waals surface area contributed by atoms with E-state index in [-0.39, 0.29) is 24.1 Å². The van der Waals surface area contributed by atoms with Crippen LogP contribution in [0.4, 0.5) is 0 Å². The summed E-state index contributed by atoms with van der Waals surface area (Å²) in [5.41, 5.74) is 0. The lowest BCUT2D eigenvalue weighted by molar-refractivity contribution is -0.210. The number of ketones is 1. The molecule has 0 radical (unpaired) electrons. The van der Waals surface area contributed by atoms with Crippen LogP contribution in [0, 0.1) is 0 Å². The van der Waals surface area contributed by atoms with Crippen molar-refractivity contribution in [2.45, 2.75) is 51.2 Å². The van der Waals surface area contributed by atoms with Gasteiger partial charge in [-0.2, -0.15) is 0 Å². The van der Waals surface area contributed by atoms with Crippen molar-refractivity contribution in [2.75, 3.05) is 7.11 Å². The Balaban J connectivity index is 2.08. The van der Waals surface area contributed by atoms with E-state index in [1.165, 1.54) is 13.0 Å². The van der Waals surface area contributed by atoms with Crippen LogP contribution in [0.15, 0.2) is 12.2 Å². The number of rotatable bonds is 3. The molecule has 2 saturated heterocycles. The SMILES string of the molecule is COC1C(/C=C/C(C)=O)OC2OC(C)(C)OC21. The molecule has 0 spiro atoms. The second-order valence-corrected chi connectivity index (χ2v) is 4.74. The average Bonchev–Trinajstić information content (AvgIpc) is 2.65. The average molecular weight is 242 g/mol. The van der Waals surface area contributed by atoms with Crippen LogP contribution >= 0.6 is 0 Å². The van der Waals surface area contributed by atoms with Gasteiger partial charge >= 0.3 is 0 Å². The minimum absolute atomic E-state index is 0.0253. The maximum absolute atomic E-state index is 10.9. The predicted molar refractivity (Wildman–Crippen MR) is 59.3 cm³/mol. The van der Waals surface area contributed by atoms with Gasteiger partial charge in [-0.15, -0.1) is 0 Å². The Morgan fingerprint density at radius 1 is 1.35 bits per heavy atom. The van der Waals surface area contributed by atoms with Gasteiger partial charge in [0.1, 0.15) is 18.3 Å². The molecule has 2 heterocycles. The molecule has 2 fully saturated rings. The standard InChI is InChI=1S/C12H18O5/c1-7(13)5-6-8-9(14-4)10-11(15-8)17-12(2,3)16-10/h5-6,8-11H,1-4H3/b6-5+. The summed E-state index contributed by atoms with van der Waals surface area (Å²) in [6.07, 6.45) is 1.91. The molecule has 2 rings (SSSR count). The third-order valence-electron chi connectivity index (χ3n) is 2.82. The van der Waals surface area contributed by atoms with E-state index in [0.717, 1.165) is 0 Å². The van der Waals surface area contributed by atoms with E-state index in [1.807, 2.05) is 13.8 Å². The van der Waals surface area contributed by atoms with Gasteiger partial charge < -0.3 is 18.9 Å². The highest BCUT2D eigenvalue weighted by molar-refractivity contribution is 5.87. The van der Waals surface area contributed by atoms with Gasteiger partial charge in [0.15, 0.2) is 17.9 Å². The monoisotopic (exact) mass is 242 g/mol. The smallest absolute Gasteiger partial charge is 0.190 e. The number of methoxy groups -OCH3 is 1. The van der Waals surface area contributed by atoms with Crippen LogP contribution in [-0.2, 0) is 23.7 Å². The van der Waals surface area contributed by atoms with Gasteiger partial charge in [0, 0.05) is 7.11 Å². The molecular formula is C12H18O5. The maximum Gasteiger partial charge on any atom is 0.190 e. The van der Waals surface area contributed by atoms with Crippen molar-refractivity contribution in [3.8, 4) is 0 Å². The Morgan fingerprint density at radius 2 is 2.06 bits per heavy atom. The molecule has 17 heavy (non-hydrogen) atoms. The Hall–Kier alpha value is -0.750. The van der Waals surface area contributed by atoms with Crippen LogP contribution in [0.3, 0.4) is 0 Å². The fourth-order valence-electron chi connectivity index (χ4n) is 2.16. The van der Waals surface area contributed by atoms with Crippen LogP contribution in [0.2, 0.25) is 0 Å². The molecule has 0 aromatic heterocycles. The Kier molecular flexibility index (Phi) is 3.36. The first-order chi connectivity index (χ1) is 7.93. The van der Waals surface area contributed by atoms with Crippen molar-refractivity contribution >= 4 is 5.78 Å². The van der Waals surface area contributed by atoms with Crippen LogP contribution in [0.1, 0.15) is 20.8 Å². The molecule has 5 heteroatoms. The normalized spacial score (nSPS) is 39.8. The molecule has 0 bridgehead atoms. The zero-order chi connectivity index (χ0) is 12.6. The zero-order valence-electron chi connectivity index (χ0n) is 10.5. The molecule has 0 aromatic carbocycles. The molecule has 0 N–H and O–H groups in total. The number of carbonyl (C=O) groups excluding carboxylic acids is 1.